The van der Waals surface area contributed by atoms with Crippen molar-refractivity contribution < 1.29 is 14.6 Å². The van der Waals surface area contributed by atoms with Crippen LogP contribution in [0.25, 0.3) is 0 Å². The number of rotatable bonds is 3. The lowest BCUT2D eigenvalue weighted by molar-refractivity contribution is 0.108. The summed E-state index contributed by atoms with van der Waals surface area (Å²) < 4.78 is 5.31. The molecular weight excluding hydrogens is 248 g/mol. The zero-order valence-electron chi connectivity index (χ0n) is 10.7. The fraction of sp³-hybridized carbons (Fsp3) is 0.357. The van der Waals surface area contributed by atoms with E-state index in [2.05, 4.69) is 0 Å². The Labute approximate surface area is 111 Å². The fourth-order valence-electron chi connectivity index (χ4n) is 1.98. The van der Waals surface area contributed by atoms with Gasteiger partial charge in [0.2, 0.25) is 5.12 Å². The molecule has 4 heteroatoms. The Balaban J connectivity index is 2.54. The van der Waals surface area contributed by atoms with Crippen molar-refractivity contribution in [3.63, 3.8) is 0 Å². The summed E-state index contributed by atoms with van der Waals surface area (Å²) in [5, 5.41) is 10.2. The maximum absolute atomic E-state index is 11.7. The van der Waals surface area contributed by atoms with Crippen LogP contribution in [0.1, 0.15) is 35.3 Å². The standard InChI is InChI=1S/C14H16O3S/c1-8(2)4-5-10-11(17-3)6-9-7-18-14(16)12(9)13(10)15/h4,6,15H,5,7H2,1-3H3. The Morgan fingerprint density at radius 2 is 2.28 bits per heavy atom. The third-order valence-corrected chi connectivity index (χ3v) is 3.87. The first-order chi connectivity index (χ1) is 8.54. The number of methoxy groups -OCH3 is 1. The number of benzene rings is 1. The molecule has 0 unspecified atom stereocenters. The number of fused-ring (bicyclic) bond motifs is 1. The van der Waals surface area contributed by atoms with Crippen LogP contribution >= 0.6 is 11.8 Å². The van der Waals surface area contributed by atoms with Crippen LogP contribution < -0.4 is 4.74 Å². The molecule has 1 aromatic rings. The summed E-state index contributed by atoms with van der Waals surface area (Å²) >= 11 is 1.22. The molecule has 2 rings (SSSR count). The summed E-state index contributed by atoms with van der Waals surface area (Å²) in [5.41, 5.74) is 3.17. The summed E-state index contributed by atoms with van der Waals surface area (Å²) in [5.74, 6) is 1.34. The molecule has 0 aromatic heterocycles. The van der Waals surface area contributed by atoms with Crippen LogP contribution in [0.4, 0.5) is 0 Å². The van der Waals surface area contributed by atoms with Gasteiger partial charge in [0, 0.05) is 11.3 Å². The Bertz CT molecular complexity index is 528. The van der Waals surface area contributed by atoms with Crippen LogP contribution in [-0.2, 0) is 12.2 Å². The molecule has 0 fully saturated rings. The molecule has 1 aliphatic heterocycles. The van der Waals surface area contributed by atoms with Crippen LogP contribution in [0.15, 0.2) is 17.7 Å². The van der Waals surface area contributed by atoms with Gasteiger partial charge in [-0.3, -0.25) is 4.79 Å². The monoisotopic (exact) mass is 264 g/mol. The molecule has 0 radical (unpaired) electrons. The minimum Gasteiger partial charge on any atom is -0.507 e. The van der Waals surface area contributed by atoms with Crippen molar-refractivity contribution in [2.24, 2.45) is 0 Å². The Kier molecular flexibility index (Phi) is 3.66. The lowest BCUT2D eigenvalue weighted by atomic mass is 10.00. The predicted molar refractivity (Wildman–Crippen MR) is 73.4 cm³/mol. The van der Waals surface area contributed by atoms with Gasteiger partial charge >= 0.3 is 0 Å². The summed E-state index contributed by atoms with van der Waals surface area (Å²) in [7, 11) is 1.58. The number of phenols is 1. The topological polar surface area (TPSA) is 46.5 Å². The van der Waals surface area contributed by atoms with Gasteiger partial charge in [-0.25, -0.2) is 0 Å². The van der Waals surface area contributed by atoms with E-state index in [0.717, 1.165) is 11.1 Å². The van der Waals surface area contributed by atoms with Gasteiger partial charge in [0.15, 0.2) is 0 Å². The molecule has 0 bridgehead atoms. The molecule has 1 N–H and O–H groups in total. The van der Waals surface area contributed by atoms with Crippen molar-refractivity contribution in [1.29, 1.82) is 0 Å². The zero-order chi connectivity index (χ0) is 13.3. The van der Waals surface area contributed by atoms with Crippen LogP contribution in [0, 0.1) is 0 Å². The Morgan fingerprint density at radius 3 is 2.89 bits per heavy atom. The van der Waals surface area contributed by atoms with E-state index in [9.17, 15) is 9.90 Å². The van der Waals surface area contributed by atoms with E-state index in [1.807, 2.05) is 26.0 Å². The highest BCUT2D eigenvalue weighted by Gasteiger charge is 2.28. The molecule has 3 nitrogen and oxygen atoms in total. The first kappa shape index (κ1) is 13.0. The normalized spacial score (nSPS) is 13.4. The molecule has 0 atom stereocenters. The molecular formula is C14H16O3S. The number of ether oxygens (including phenoxy) is 1. The lowest BCUT2D eigenvalue weighted by Crippen LogP contribution is -1.99. The third-order valence-electron chi connectivity index (χ3n) is 2.94. The van der Waals surface area contributed by atoms with E-state index >= 15 is 0 Å². The molecule has 0 spiro atoms. The second-order valence-corrected chi connectivity index (χ2v) is 5.45. The largest absolute Gasteiger partial charge is 0.507 e. The highest BCUT2D eigenvalue weighted by molar-refractivity contribution is 8.13. The predicted octanol–water partition coefficient (Wildman–Crippen LogP) is 3.30. The first-order valence-corrected chi connectivity index (χ1v) is 6.75. The van der Waals surface area contributed by atoms with E-state index in [1.165, 1.54) is 11.8 Å². The van der Waals surface area contributed by atoms with Gasteiger partial charge < -0.3 is 9.84 Å². The lowest BCUT2D eigenvalue weighted by Gasteiger charge is -2.12. The van der Waals surface area contributed by atoms with Gasteiger partial charge in [-0.05, 0) is 31.9 Å². The van der Waals surface area contributed by atoms with Crippen LogP contribution in [0.5, 0.6) is 11.5 Å². The van der Waals surface area contributed by atoms with Crippen molar-refractivity contribution in [2.75, 3.05) is 7.11 Å². The van der Waals surface area contributed by atoms with E-state index in [-0.39, 0.29) is 10.9 Å². The summed E-state index contributed by atoms with van der Waals surface area (Å²) in [6, 6.07) is 1.86. The molecule has 1 heterocycles. The average molecular weight is 264 g/mol. The molecule has 0 saturated carbocycles. The van der Waals surface area contributed by atoms with Gasteiger partial charge in [-0.1, -0.05) is 23.4 Å². The molecule has 18 heavy (non-hydrogen) atoms. The van der Waals surface area contributed by atoms with Gasteiger partial charge in [-0.2, -0.15) is 0 Å². The third kappa shape index (κ3) is 2.25. The van der Waals surface area contributed by atoms with Gasteiger partial charge in [0.1, 0.15) is 11.5 Å². The molecule has 0 aliphatic carbocycles. The molecule has 0 saturated heterocycles. The minimum atomic E-state index is -0.0522. The van der Waals surface area contributed by atoms with E-state index in [0.29, 0.717) is 29.1 Å². The highest BCUT2D eigenvalue weighted by Crippen LogP contribution is 2.42. The number of carbonyl (C=O) groups is 1. The average Bonchev–Trinajstić information content (AvgIpc) is 2.69. The second kappa shape index (κ2) is 5.06. The fourth-order valence-corrected chi connectivity index (χ4v) is 2.87. The molecule has 1 aliphatic rings. The number of hydrogen-bond acceptors (Lipinski definition) is 4. The van der Waals surface area contributed by atoms with Crippen LogP contribution in [0.3, 0.4) is 0 Å². The smallest absolute Gasteiger partial charge is 0.223 e. The van der Waals surface area contributed by atoms with E-state index in [4.69, 9.17) is 4.74 Å². The second-order valence-electron chi connectivity index (χ2n) is 4.50. The number of allylic oxidation sites excluding steroid dienone is 2. The number of aromatic hydroxyl groups is 1. The Hall–Kier alpha value is -1.42. The Morgan fingerprint density at radius 1 is 1.56 bits per heavy atom. The summed E-state index contributed by atoms with van der Waals surface area (Å²) in [6.45, 7) is 4.00. The SMILES string of the molecule is COc1cc2c(c(O)c1CC=C(C)C)C(=O)SC2. The summed E-state index contributed by atoms with van der Waals surface area (Å²) in [6.07, 6.45) is 2.58. The molecule has 96 valence electrons. The van der Waals surface area contributed by atoms with E-state index in [1.54, 1.807) is 7.11 Å². The maximum Gasteiger partial charge on any atom is 0.223 e. The molecule has 1 aromatic carbocycles. The minimum absolute atomic E-state index is 0.0522. The first-order valence-electron chi connectivity index (χ1n) is 5.76. The number of carbonyl (C=O) groups excluding carboxylic acids is 1. The highest BCUT2D eigenvalue weighted by atomic mass is 32.2. The van der Waals surface area contributed by atoms with Gasteiger partial charge in [0.05, 0.1) is 12.7 Å². The number of thioether (sulfide) groups is 1. The van der Waals surface area contributed by atoms with Crippen molar-refractivity contribution >= 4 is 16.9 Å². The van der Waals surface area contributed by atoms with Crippen molar-refractivity contribution in [3.05, 3.63) is 34.4 Å². The van der Waals surface area contributed by atoms with Crippen molar-refractivity contribution in [3.8, 4) is 11.5 Å². The number of hydrogen-bond donors (Lipinski definition) is 1. The maximum atomic E-state index is 11.7. The van der Waals surface area contributed by atoms with Crippen LogP contribution in [-0.4, -0.2) is 17.3 Å². The van der Waals surface area contributed by atoms with Gasteiger partial charge in [0.25, 0.3) is 0 Å². The van der Waals surface area contributed by atoms with Gasteiger partial charge in [-0.15, -0.1) is 0 Å². The van der Waals surface area contributed by atoms with E-state index < -0.39 is 0 Å². The van der Waals surface area contributed by atoms with Crippen LogP contribution in [0.2, 0.25) is 0 Å². The number of phenolic OH excluding ortho intramolecular Hbond substituents is 1. The van der Waals surface area contributed by atoms with Crippen molar-refractivity contribution in [2.45, 2.75) is 26.0 Å². The zero-order valence-corrected chi connectivity index (χ0v) is 11.6. The molecule has 0 amide bonds. The van der Waals surface area contributed by atoms with Crippen molar-refractivity contribution in [1.82, 2.24) is 0 Å². The summed E-state index contributed by atoms with van der Waals surface area (Å²) in [4.78, 5) is 11.7. The quantitative estimate of drug-likeness (QED) is 0.851.